The molecule has 0 aliphatic rings. The number of hydrogen-bond donors (Lipinski definition) is 1. The van der Waals surface area contributed by atoms with Crippen LogP contribution in [-0.4, -0.2) is 24.5 Å². The summed E-state index contributed by atoms with van der Waals surface area (Å²) in [5.41, 5.74) is 8.25. The largest absolute Gasteiger partial charge is 0.466 e. The lowest BCUT2D eigenvalue weighted by molar-refractivity contribution is -0.143. The van der Waals surface area contributed by atoms with Crippen LogP contribution in [0.15, 0.2) is 60.7 Å². The molecule has 0 amide bonds. The molecule has 0 heterocycles. The van der Waals surface area contributed by atoms with Crippen molar-refractivity contribution in [2.24, 2.45) is 5.73 Å². The third kappa shape index (κ3) is 7.30. The molecule has 2 rings (SSSR count). The van der Waals surface area contributed by atoms with E-state index in [0.29, 0.717) is 19.2 Å². The summed E-state index contributed by atoms with van der Waals surface area (Å²) >= 11 is 0. The second-order valence-electron chi connectivity index (χ2n) is 6.36. The van der Waals surface area contributed by atoms with E-state index < -0.39 is 13.2 Å². The zero-order valence-corrected chi connectivity index (χ0v) is 16.6. The van der Waals surface area contributed by atoms with E-state index in [1.54, 1.807) is 6.92 Å². The van der Waals surface area contributed by atoms with E-state index in [1.165, 1.54) is 0 Å². The maximum absolute atomic E-state index is 13.5. The quantitative estimate of drug-likeness (QED) is 0.457. The van der Waals surface area contributed by atoms with Crippen molar-refractivity contribution < 1.29 is 18.6 Å². The fraction of sp³-hybridized carbons (Fsp3) is 0.381. The number of rotatable bonds is 11. The fourth-order valence-corrected chi connectivity index (χ4v) is 4.82. The highest BCUT2D eigenvalue weighted by Crippen LogP contribution is 2.52. The highest BCUT2D eigenvalue weighted by atomic mass is 31.2. The number of nitrogens with two attached hydrogens (primary N) is 1. The van der Waals surface area contributed by atoms with Gasteiger partial charge in [-0.25, -0.2) is 0 Å². The van der Waals surface area contributed by atoms with Crippen molar-refractivity contribution in [1.29, 1.82) is 0 Å². The average Bonchev–Trinajstić information content (AvgIpc) is 2.71. The minimum atomic E-state index is -3.15. The minimum Gasteiger partial charge on any atom is -0.466 e. The second-order valence-corrected chi connectivity index (χ2v) is 9.18. The second kappa shape index (κ2) is 11.0. The first-order valence-corrected chi connectivity index (χ1v) is 11.1. The molecule has 2 unspecified atom stereocenters. The van der Waals surface area contributed by atoms with Gasteiger partial charge in [0, 0.05) is 12.6 Å². The molecule has 27 heavy (non-hydrogen) atoms. The van der Waals surface area contributed by atoms with E-state index in [1.807, 2.05) is 60.7 Å². The van der Waals surface area contributed by atoms with Gasteiger partial charge in [-0.3, -0.25) is 9.36 Å². The van der Waals surface area contributed by atoms with Crippen LogP contribution in [0.2, 0.25) is 0 Å². The van der Waals surface area contributed by atoms with E-state index in [-0.39, 0.29) is 25.4 Å². The SMILES string of the molecule is CCOC(=O)CCC(N)P(=O)(CCc1ccccc1)OCc1ccccc1. The molecule has 0 saturated carbocycles. The summed E-state index contributed by atoms with van der Waals surface area (Å²) in [6.45, 7) is 2.32. The Hall–Kier alpha value is -1.94. The molecule has 146 valence electrons. The standard InChI is InChI=1S/C21H28NO4P/c1-2-25-21(23)14-13-20(22)27(24,16-15-18-9-5-3-6-10-18)26-17-19-11-7-4-8-12-19/h3-12,20H,2,13-17,22H2,1H3. The van der Waals surface area contributed by atoms with Gasteiger partial charge >= 0.3 is 5.97 Å². The molecule has 5 nitrogen and oxygen atoms in total. The molecule has 6 heteroatoms. The number of hydrogen-bond acceptors (Lipinski definition) is 5. The molecule has 0 aliphatic heterocycles. The van der Waals surface area contributed by atoms with Gasteiger partial charge in [0.15, 0.2) is 0 Å². The maximum Gasteiger partial charge on any atom is 0.305 e. The fourth-order valence-electron chi connectivity index (χ4n) is 2.71. The number of esters is 1. The van der Waals surface area contributed by atoms with Gasteiger partial charge in [-0.05, 0) is 30.9 Å². The molecule has 0 saturated heterocycles. The highest BCUT2D eigenvalue weighted by Gasteiger charge is 2.31. The van der Waals surface area contributed by atoms with Gasteiger partial charge in [-0.15, -0.1) is 0 Å². The van der Waals surface area contributed by atoms with Crippen LogP contribution in [0.3, 0.4) is 0 Å². The topological polar surface area (TPSA) is 78.6 Å². The lowest BCUT2D eigenvalue weighted by Crippen LogP contribution is -2.25. The van der Waals surface area contributed by atoms with E-state index in [2.05, 4.69) is 0 Å². The summed E-state index contributed by atoms with van der Waals surface area (Å²) in [6, 6.07) is 19.4. The molecular formula is C21H28NO4P. The third-order valence-corrected chi connectivity index (χ3v) is 6.98. The first-order valence-electron chi connectivity index (χ1n) is 9.26. The zero-order valence-electron chi connectivity index (χ0n) is 15.8. The number of carbonyl (C=O) groups excluding carboxylic acids is 1. The van der Waals surface area contributed by atoms with Gasteiger partial charge in [0.05, 0.1) is 19.0 Å². The van der Waals surface area contributed by atoms with Crippen LogP contribution in [0.5, 0.6) is 0 Å². The van der Waals surface area contributed by atoms with Gasteiger partial charge in [0.1, 0.15) is 0 Å². The molecule has 0 bridgehead atoms. The van der Waals surface area contributed by atoms with Gasteiger partial charge in [0.25, 0.3) is 0 Å². The maximum atomic E-state index is 13.5. The lowest BCUT2D eigenvalue weighted by Gasteiger charge is -2.25. The Morgan fingerprint density at radius 1 is 1.04 bits per heavy atom. The summed E-state index contributed by atoms with van der Waals surface area (Å²) in [5.74, 6) is -1.03. The van der Waals surface area contributed by atoms with Crippen LogP contribution < -0.4 is 5.73 Å². The van der Waals surface area contributed by atoms with Crippen molar-refractivity contribution in [2.45, 2.75) is 38.6 Å². The van der Waals surface area contributed by atoms with E-state index >= 15 is 0 Å². The van der Waals surface area contributed by atoms with Crippen LogP contribution in [0.1, 0.15) is 30.9 Å². The Morgan fingerprint density at radius 3 is 2.22 bits per heavy atom. The zero-order chi connectivity index (χ0) is 19.5. The Balaban J connectivity index is 2.03. The molecule has 2 aromatic carbocycles. The molecule has 0 aliphatic carbocycles. The molecule has 0 spiro atoms. The Morgan fingerprint density at radius 2 is 1.63 bits per heavy atom. The molecule has 2 N–H and O–H groups in total. The molecule has 0 fully saturated rings. The van der Waals surface area contributed by atoms with Crippen molar-refractivity contribution in [2.75, 3.05) is 12.8 Å². The summed E-state index contributed by atoms with van der Waals surface area (Å²) in [4.78, 5) is 11.6. The molecule has 2 aromatic rings. The molecular weight excluding hydrogens is 361 g/mol. The van der Waals surface area contributed by atoms with E-state index in [4.69, 9.17) is 15.0 Å². The highest BCUT2D eigenvalue weighted by molar-refractivity contribution is 7.59. The third-order valence-electron chi connectivity index (χ3n) is 4.30. The summed E-state index contributed by atoms with van der Waals surface area (Å²) in [7, 11) is -3.15. The first kappa shape index (κ1) is 21.4. The lowest BCUT2D eigenvalue weighted by atomic mass is 10.2. The van der Waals surface area contributed by atoms with Crippen molar-refractivity contribution in [3.63, 3.8) is 0 Å². The number of carbonyl (C=O) groups is 1. The van der Waals surface area contributed by atoms with Crippen molar-refractivity contribution in [3.8, 4) is 0 Å². The van der Waals surface area contributed by atoms with Crippen molar-refractivity contribution >= 4 is 13.3 Å². The van der Waals surface area contributed by atoms with Gasteiger partial charge in [-0.2, -0.15) is 0 Å². The predicted octanol–water partition coefficient (Wildman–Crippen LogP) is 4.35. The monoisotopic (exact) mass is 389 g/mol. The summed E-state index contributed by atoms with van der Waals surface area (Å²) in [5, 5.41) is 0. The summed E-state index contributed by atoms with van der Waals surface area (Å²) < 4.78 is 24.3. The van der Waals surface area contributed by atoms with Gasteiger partial charge in [-0.1, -0.05) is 60.7 Å². The van der Waals surface area contributed by atoms with Crippen molar-refractivity contribution in [3.05, 3.63) is 71.8 Å². The van der Waals surface area contributed by atoms with Crippen LogP contribution in [0.25, 0.3) is 0 Å². The van der Waals surface area contributed by atoms with Crippen molar-refractivity contribution in [1.82, 2.24) is 0 Å². The molecule has 0 radical (unpaired) electrons. The minimum absolute atomic E-state index is 0.138. The normalized spacial score (nSPS) is 14.3. The average molecular weight is 389 g/mol. The van der Waals surface area contributed by atoms with Crippen LogP contribution in [-0.2, 0) is 31.6 Å². The van der Waals surface area contributed by atoms with Crippen LogP contribution in [0, 0.1) is 0 Å². The van der Waals surface area contributed by atoms with E-state index in [9.17, 15) is 9.36 Å². The number of benzene rings is 2. The Labute approximate surface area is 161 Å². The van der Waals surface area contributed by atoms with Gasteiger partial charge < -0.3 is 15.0 Å². The Kier molecular flexibility index (Phi) is 8.73. The Bertz CT molecular complexity index is 689. The molecule has 0 aromatic heterocycles. The smallest absolute Gasteiger partial charge is 0.305 e. The van der Waals surface area contributed by atoms with E-state index in [0.717, 1.165) is 11.1 Å². The van der Waals surface area contributed by atoms with Crippen LogP contribution >= 0.6 is 7.37 Å². The number of ether oxygens (including phenoxy) is 1. The number of aryl methyl sites for hydroxylation is 1. The summed E-state index contributed by atoms with van der Waals surface area (Å²) in [6.07, 6.45) is 1.37. The predicted molar refractivity (Wildman–Crippen MR) is 108 cm³/mol. The molecule has 2 atom stereocenters. The van der Waals surface area contributed by atoms with Crippen LogP contribution in [0.4, 0.5) is 0 Å². The first-order chi connectivity index (χ1) is 13.0. The van der Waals surface area contributed by atoms with Gasteiger partial charge in [0.2, 0.25) is 7.37 Å².